The van der Waals surface area contributed by atoms with E-state index in [1.165, 1.54) is 0 Å². The van der Waals surface area contributed by atoms with Gasteiger partial charge >= 0.3 is 5.97 Å². The van der Waals surface area contributed by atoms with E-state index in [-0.39, 0.29) is 11.7 Å². The minimum Gasteiger partial charge on any atom is -0.477 e. The van der Waals surface area contributed by atoms with Gasteiger partial charge in [-0.25, -0.2) is 4.79 Å². The van der Waals surface area contributed by atoms with Crippen molar-refractivity contribution < 1.29 is 15.0 Å². The van der Waals surface area contributed by atoms with Crippen LogP contribution in [0.15, 0.2) is 72.9 Å². The molecule has 6 nitrogen and oxygen atoms in total. The lowest BCUT2D eigenvalue weighted by molar-refractivity contribution is 0.0686. The zero-order valence-corrected chi connectivity index (χ0v) is 19.0. The Kier molecular flexibility index (Phi) is 7.08. The van der Waals surface area contributed by atoms with Crippen molar-refractivity contribution in [2.24, 2.45) is 0 Å². The van der Waals surface area contributed by atoms with Crippen molar-refractivity contribution in [1.29, 1.82) is 0 Å². The van der Waals surface area contributed by atoms with E-state index in [0.717, 1.165) is 34.1 Å². The van der Waals surface area contributed by atoms with Crippen LogP contribution < -0.4 is 5.32 Å². The van der Waals surface area contributed by atoms with Crippen molar-refractivity contribution in [1.82, 2.24) is 14.9 Å². The summed E-state index contributed by atoms with van der Waals surface area (Å²) >= 11 is 6.01. The summed E-state index contributed by atoms with van der Waals surface area (Å²) in [7, 11) is 0. The molecule has 0 amide bonds. The maximum atomic E-state index is 11.8. The molecule has 0 fully saturated rings. The number of aliphatic hydroxyl groups is 1. The lowest BCUT2D eigenvalue weighted by atomic mass is 10.0. The number of rotatable bonds is 9. The number of fused-ring (bicyclic) bond motifs is 1. The second-order valence-corrected chi connectivity index (χ2v) is 8.66. The SMILES string of the molecule is CC(Cc1ccc2c(c1)cc(C(=O)O)n2Cc1ccccn1)NCC(O)c1cccc(Cl)c1. The molecule has 0 spiro atoms. The molecule has 0 aliphatic carbocycles. The summed E-state index contributed by atoms with van der Waals surface area (Å²) in [6.07, 6.45) is 1.80. The fraction of sp³-hybridized carbons (Fsp3) is 0.231. The standard InChI is InChI=1S/C26H26ClN3O3/c1-17(29-15-25(31)19-5-4-6-21(27)13-19)11-18-8-9-23-20(12-18)14-24(26(32)33)30(23)16-22-7-2-3-10-28-22/h2-10,12-14,17,25,29,31H,11,15-16H2,1H3,(H,32,33). The minimum absolute atomic E-state index is 0.117. The number of halogens is 1. The Balaban J connectivity index is 1.47. The first-order chi connectivity index (χ1) is 15.9. The molecule has 0 aliphatic heterocycles. The van der Waals surface area contributed by atoms with Gasteiger partial charge in [-0.2, -0.15) is 0 Å². The number of benzene rings is 2. The summed E-state index contributed by atoms with van der Waals surface area (Å²) in [4.78, 5) is 16.2. The Hall–Kier alpha value is -3.19. The Morgan fingerprint density at radius 3 is 2.70 bits per heavy atom. The van der Waals surface area contributed by atoms with Crippen molar-refractivity contribution in [3.8, 4) is 0 Å². The molecular weight excluding hydrogens is 438 g/mol. The van der Waals surface area contributed by atoms with Crippen LogP contribution in [-0.2, 0) is 13.0 Å². The Morgan fingerprint density at radius 1 is 1.12 bits per heavy atom. The fourth-order valence-electron chi connectivity index (χ4n) is 4.02. The van der Waals surface area contributed by atoms with Gasteiger partial charge in [-0.1, -0.05) is 35.9 Å². The molecular formula is C26H26ClN3O3. The number of carboxylic acids is 1. The van der Waals surface area contributed by atoms with Gasteiger partial charge in [-0.3, -0.25) is 4.98 Å². The van der Waals surface area contributed by atoms with E-state index >= 15 is 0 Å². The van der Waals surface area contributed by atoms with Crippen molar-refractivity contribution >= 4 is 28.5 Å². The second kappa shape index (κ2) is 10.2. The topological polar surface area (TPSA) is 87.4 Å². The average molecular weight is 464 g/mol. The summed E-state index contributed by atoms with van der Waals surface area (Å²) in [6.45, 7) is 2.86. The summed E-state index contributed by atoms with van der Waals surface area (Å²) in [6, 6.07) is 20.7. The number of nitrogens with one attached hydrogen (secondary N) is 1. The first kappa shape index (κ1) is 23.0. The van der Waals surface area contributed by atoms with Gasteiger partial charge in [0.1, 0.15) is 5.69 Å². The van der Waals surface area contributed by atoms with Crippen LogP contribution in [0.25, 0.3) is 10.9 Å². The molecule has 2 atom stereocenters. The van der Waals surface area contributed by atoms with E-state index in [1.807, 2.05) is 48.5 Å². The van der Waals surface area contributed by atoms with Gasteiger partial charge in [0.2, 0.25) is 0 Å². The molecule has 3 N–H and O–H groups in total. The minimum atomic E-state index is -0.964. The number of aliphatic hydroxyl groups excluding tert-OH is 1. The van der Waals surface area contributed by atoms with E-state index in [2.05, 4.69) is 17.2 Å². The van der Waals surface area contributed by atoms with Crippen molar-refractivity contribution in [2.45, 2.75) is 32.0 Å². The number of carbonyl (C=O) groups is 1. The number of aromatic nitrogens is 2. The molecule has 2 unspecified atom stereocenters. The van der Waals surface area contributed by atoms with Crippen LogP contribution in [0.2, 0.25) is 5.02 Å². The molecule has 7 heteroatoms. The molecule has 33 heavy (non-hydrogen) atoms. The van der Waals surface area contributed by atoms with E-state index in [9.17, 15) is 15.0 Å². The number of hydrogen-bond donors (Lipinski definition) is 3. The molecule has 0 radical (unpaired) electrons. The summed E-state index contributed by atoms with van der Waals surface area (Å²) in [5.74, 6) is -0.964. The lowest BCUT2D eigenvalue weighted by Gasteiger charge is -2.18. The van der Waals surface area contributed by atoms with Gasteiger partial charge in [0.15, 0.2) is 0 Å². The van der Waals surface area contributed by atoms with Gasteiger partial charge in [0, 0.05) is 34.7 Å². The predicted octanol–water partition coefficient (Wildman–Crippen LogP) is 4.69. The predicted molar refractivity (Wildman–Crippen MR) is 130 cm³/mol. The quantitative estimate of drug-likeness (QED) is 0.335. The van der Waals surface area contributed by atoms with Crippen LogP contribution in [-0.4, -0.2) is 38.3 Å². The van der Waals surface area contributed by atoms with Crippen LogP contribution in [0.4, 0.5) is 0 Å². The third-order valence-corrected chi connectivity index (χ3v) is 5.90. The highest BCUT2D eigenvalue weighted by molar-refractivity contribution is 6.30. The Bertz CT molecular complexity index is 1260. The smallest absolute Gasteiger partial charge is 0.352 e. The second-order valence-electron chi connectivity index (χ2n) is 8.22. The van der Waals surface area contributed by atoms with Crippen molar-refractivity contribution in [3.63, 3.8) is 0 Å². The molecule has 0 saturated carbocycles. The van der Waals surface area contributed by atoms with Gasteiger partial charge in [-0.05, 0) is 66.9 Å². The van der Waals surface area contributed by atoms with E-state index < -0.39 is 12.1 Å². The third-order valence-electron chi connectivity index (χ3n) is 5.67. The van der Waals surface area contributed by atoms with Crippen molar-refractivity contribution in [2.75, 3.05) is 6.54 Å². The molecule has 0 aliphatic rings. The van der Waals surface area contributed by atoms with Gasteiger partial charge in [0.25, 0.3) is 0 Å². The van der Waals surface area contributed by atoms with Crippen LogP contribution in [0.5, 0.6) is 0 Å². The van der Waals surface area contributed by atoms with Gasteiger partial charge in [-0.15, -0.1) is 0 Å². The number of hydrogen-bond acceptors (Lipinski definition) is 4. The number of aromatic carboxylic acids is 1. The largest absolute Gasteiger partial charge is 0.477 e. The van der Waals surface area contributed by atoms with Gasteiger partial charge in [0.05, 0.1) is 18.3 Å². The maximum absolute atomic E-state index is 11.8. The molecule has 2 heterocycles. The highest BCUT2D eigenvalue weighted by atomic mass is 35.5. The van der Waals surface area contributed by atoms with E-state index in [0.29, 0.717) is 18.1 Å². The van der Waals surface area contributed by atoms with Crippen LogP contribution in [0.1, 0.15) is 40.3 Å². The first-order valence-corrected chi connectivity index (χ1v) is 11.2. The summed E-state index contributed by atoms with van der Waals surface area (Å²) in [5, 5.41) is 25.0. The molecule has 2 aromatic carbocycles. The first-order valence-electron chi connectivity index (χ1n) is 10.8. The molecule has 4 aromatic rings. The average Bonchev–Trinajstić information content (AvgIpc) is 3.16. The lowest BCUT2D eigenvalue weighted by Crippen LogP contribution is -2.32. The van der Waals surface area contributed by atoms with Crippen LogP contribution in [0.3, 0.4) is 0 Å². The van der Waals surface area contributed by atoms with Gasteiger partial charge < -0.3 is 20.1 Å². The molecule has 4 rings (SSSR count). The normalized spacial score (nSPS) is 13.2. The number of nitrogens with zero attached hydrogens (tertiary/aromatic N) is 2. The van der Waals surface area contributed by atoms with Crippen LogP contribution >= 0.6 is 11.6 Å². The fourth-order valence-corrected chi connectivity index (χ4v) is 4.22. The number of carboxylic acid groups (broad SMARTS) is 1. The molecule has 2 aromatic heterocycles. The molecule has 170 valence electrons. The summed E-state index contributed by atoms with van der Waals surface area (Å²) < 4.78 is 1.78. The Labute approximate surface area is 197 Å². The maximum Gasteiger partial charge on any atom is 0.352 e. The Morgan fingerprint density at radius 2 is 1.97 bits per heavy atom. The molecule has 0 saturated heterocycles. The van der Waals surface area contributed by atoms with E-state index in [4.69, 9.17) is 11.6 Å². The zero-order valence-electron chi connectivity index (χ0n) is 18.3. The number of pyridine rings is 1. The summed E-state index contributed by atoms with van der Waals surface area (Å²) in [5.41, 5.74) is 3.77. The van der Waals surface area contributed by atoms with E-state index in [1.54, 1.807) is 29.0 Å². The third kappa shape index (κ3) is 5.60. The monoisotopic (exact) mass is 463 g/mol. The highest BCUT2D eigenvalue weighted by Crippen LogP contribution is 2.24. The molecule has 0 bridgehead atoms. The van der Waals surface area contributed by atoms with Crippen LogP contribution in [0, 0.1) is 0 Å². The highest BCUT2D eigenvalue weighted by Gasteiger charge is 2.16. The zero-order chi connectivity index (χ0) is 23.4. The van der Waals surface area contributed by atoms with Crippen molar-refractivity contribution in [3.05, 3.63) is 100 Å².